The number of hydrogen-bond donors (Lipinski definition) is 2. The minimum absolute atomic E-state index is 0.0156. The third-order valence-corrected chi connectivity index (χ3v) is 3.69. The summed E-state index contributed by atoms with van der Waals surface area (Å²) < 4.78 is 5.56. The lowest BCUT2D eigenvalue weighted by Gasteiger charge is -2.21. The highest BCUT2D eigenvalue weighted by molar-refractivity contribution is 5.81. The van der Waals surface area contributed by atoms with Gasteiger partial charge < -0.3 is 15.2 Å². The molecule has 5 heteroatoms. The van der Waals surface area contributed by atoms with E-state index < -0.39 is 12.1 Å². The van der Waals surface area contributed by atoms with Gasteiger partial charge in [-0.15, -0.1) is 0 Å². The molecule has 1 saturated heterocycles. The van der Waals surface area contributed by atoms with Crippen molar-refractivity contribution >= 4 is 11.9 Å². The normalized spacial score (nSPS) is 22.7. The number of carbonyl (C=O) groups is 2. The molecule has 21 heavy (non-hydrogen) atoms. The van der Waals surface area contributed by atoms with Gasteiger partial charge in [0.25, 0.3) is 0 Å². The SMILES string of the molecule is C[C@@H]1CC[C@@H](C(=O)N[C@H](CCC(=O)O)c2ccccc2)O1. The van der Waals surface area contributed by atoms with Crippen LogP contribution in [0, 0.1) is 0 Å². The molecular formula is C16H21NO4. The second-order valence-electron chi connectivity index (χ2n) is 5.42. The van der Waals surface area contributed by atoms with Crippen LogP contribution in [-0.2, 0) is 14.3 Å². The number of aliphatic carboxylic acids is 1. The minimum Gasteiger partial charge on any atom is -0.481 e. The molecule has 2 N–H and O–H groups in total. The summed E-state index contributed by atoms with van der Waals surface area (Å²) in [4.78, 5) is 23.0. The van der Waals surface area contributed by atoms with E-state index in [0.29, 0.717) is 12.8 Å². The van der Waals surface area contributed by atoms with Crippen LogP contribution in [0.15, 0.2) is 30.3 Å². The second kappa shape index (κ2) is 7.22. The lowest BCUT2D eigenvalue weighted by Crippen LogP contribution is -2.37. The summed E-state index contributed by atoms with van der Waals surface area (Å²) in [5.41, 5.74) is 0.915. The molecule has 1 aromatic rings. The van der Waals surface area contributed by atoms with Gasteiger partial charge in [0.15, 0.2) is 0 Å². The monoisotopic (exact) mass is 291 g/mol. The van der Waals surface area contributed by atoms with Gasteiger partial charge in [0.05, 0.1) is 12.1 Å². The van der Waals surface area contributed by atoms with Gasteiger partial charge in [0.2, 0.25) is 5.91 Å². The Kier molecular flexibility index (Phi) is 5.33. The van der Waals surface area contributed by atoms with E-state index in [9.17, 15) is 9.59 Å². The summed E-state index contributed by atoms with van der Waals surface area (Å²) in [5.74, 6) is -1.02. The lowest BCUT2D eigenvalue weighted by atomic mass is 10.0. The second-order valence-corrected chi connectivity index (χ2v) is 5.42. The van der Waals surface area contributed by atoms with Gasteiger partial charge in [0.1, 0.15) is 6.10 Å². The molecule has 0 bridgehead atoms. The molecule has 0 aliphatic carbocycles. The van der Waals surface area contributed by atoms with Crippen molar-refractivity contribution in [1.82, 2.24) is 5.32 Å². The molecule has 1 aliphatic heterocycles. The van der Waals surface area contributed by atoms with Crippen LogP contribution in [0.25, 0.3) is 0 Å². The maximum absolute atomic E-state index is 12.2. The van der Waals surface area contributed by atoms with E-state index in [2.05, 4.69) is 5.32 Å². The Morgan fingerprint density at radius 2 is 2.05 bits per heavy atom. The molecule has 0 saturated carbocycles. The van der Waals surface area contributed by atoms with E-state index in [1.807, 2.05) is 37.3 Å². The van der Waals surface area contributed by atoms with Crippen LogP contribution in [-0.4, -0.2) is 29.2 Å². The van der Waals surface area contributed by atoms with Crippen LogP contribution in [0.3, 0.4) is 0 Å². The topological polar surface area (TPSA) is 75.6 Å². The molecule has 3 atom stereocenters. The lowest BCUT2D eigenvalue weighted by molar-refractivity contribution is -0.138. The molecule has 0 radical (unpaired) electrons. The number of amides is 1. The van der Waals surface area contributed by atoms with Gasteiger partial charge in [-0.1, -0.05) is 30.3 Å². The van der Waals surface area contributed by atoms with Crippen LogP contribution in [0.1, 0.15) is 44.2 Å². The summed E-state index contributed by atoms with van der Waals surface area (Å²) in [6.45, 7) is 1.95. The summed E-state index contributed by atoms with van der Waals surface area (Å²) in [6, 6.07) is 9.14. The van der Waals surface area contributed by atoms with E-state index in [1.165, 1.54) is 0 Å². The summed E-state index contributed by atoms with van der Waals surface area (Å²) in [5, 5.41) is 11.8. The van der Waals surface area contributed by atoms with Gasteiger partial charge in [0, 0.05) is 6.42 Å². The highest BCUT2D eigenvalue weighted by atomic mass is 16.5. The van der Waals surface area contributed by atoms with Crippen LogP contribution >= 0.6 is 0 Å². The molecule has 1 aromatic carbocycles. The summed E-state index contributed by atoms with van der Waals surface area (Å²) >= 11 is 0. The van der Waals surface area contributed by atoms with Gasteiger partial charge in [-0.25, -0.2) is 0 Å². The maximum atomic E-state index is 12.2. The predicted molar refractivity (Wildman–Crippen MR) is 77.8 cm³/mol. The summed E-state index contributed by atoms with van der Waals surface area (Å²) in [6.07, 6.45) is 1.66. The van der Waals surface area contributed by atoms with Crippen LogP contribution in [0.2, 0.25) is 0 Å². The molecule has 5 nitrogen and oxygen atoms in total. The average Bonchev–Trinajstić information content (AvgIpc) is 2.90. The molecule has 2 rings (SSSR count). The number of carboxylic acid groups (broad SMARTS) is 1. The molecule has 0 spiro atoms. The van der Waals surface area contributed by atoms with E-state index in [0.717, 1.165) is 12.0 Å². The number of rotatable bonds is 6. The van der Waals surface area contributed by atoms with Crippen molar-refractivity contribution in [2.24, 2.45) is 0 Å². The fourth-order valence-electron chi connectivity index (χ4n) is 2.54. The number of carboxylic acids is 1. The molecule has 1 fully saturated rings. The van der Waals surface area contributed by atoms with Crippen LogP contribution < -0.4 is 5.32 Å². The first-order chi connectivity index (χ1) is 10.1. The number of hydrogen-bond acceptors (Lipinski definition) is 3. The van der Waals surface area contributed by atoms with Gasteiger partial charge in [-0.05, 0) is 31.7 Å². The van der Waals surface area contributed by atoms with Crippen molar-refractivity contribution in [2.45, 2.75) is 50.9 Å². The molecule has 0 unspecified atom stereocenters. The standard InChI is InChI=1S/C16H21NO4/c1-11-7-9-14(21-11)16(20)17-13(8-10-15(18)19)12-5-3-2-4-6-12/h2-6,11,13-14H,7-10H2,1H3,(H,17,20)(H,18,19)/t11-,13-,14+/m1/s1. The zero-order valence-electron chi connectivity index (χ0n) is 12.1. The minimum atomic E-state index is -0.865. The zero-order chi connectivity index (χ0) is 15.2. The Morgan fingerprint density at radius 1 is 1.33 bits per heavy atom. The van der Waals surface area contributed by atoms with Crippen molar-refractivity contribution in [2.75, 3.05) is 0 Å². The molecule has 114 valence electrons. The Balaban J connectivity index is 2.01. The molecule has 1 aliphatic rings. The largest absolute Gasteiger partial charge is 0.481 e. The van der Waals surface area contributed by atoms with Gasteiger partial charge in [-0.3, -0.25) is 9.59 Å². The van der Waals surface area contributed by atoms with Crippen molar-refractivity contribution in [3.05, 3.63) is 35.9 Å². The molecule has 0 aromatic heterocycles. The van der Waals surface area contributed by atoms with Gasteiger partial charge >= 0.3 is 5.97 Å². The highest BCUT2D eigenvalue weighted by Crippen LogP contribution is 2.22. The Bertz CT molecular complexity index is 488. The Hall–Kier alpha value is -1.88. The smallest absolute Gasteiger partial charge is 0.303 e. The Labute approximate surface area is 124 Å². The average molecular weight is 291 g/mol. The van der Waals surface area contributed by atoms with Crippen molar-refractivity contribution in [3.63, 3.8) is 0 Å². The Morgan fingerprint density at radius 3 is 2.62 bits per heavy atom. The first-order valence-electron chi connectivity index (χ1n) is 7.29. The van der Waals surface area contributed by atoms with E-state index >= 15 is 0 Å². The first kappa shape index (κ1) is 15.5. The van der Waals surface area contributed by atoms with Gasteiger partial charge in [-0.2, -0.15) is 0 Å². The molecule has 1 heterocycles. The fraction of sp³-hybridized carbons (Fsp3) is 0.500. The highest BCUT2D eigenvalue weighted by Gasteiger charge is 2.29. The first-order valence-corrected chi connectivity index (χ1v) is 7.29. The third kappa shape index (κ3) is 4.56. The molecular weight excluding hydrogens is 270 g/mol. The fourth-order valence-corrected chi connectivity index (χ4v) is 2.54. The van der Waals surface area contributed by atoms with E-state index in [1.54, 1.807) is 0 Å². The number of nitrogens with one attached hydrogen (secondary N) is 1. The zero-order valence-corrected chi connectivity index (χ0v) is 12.1. The number of benzene rings is 1. The third-order valence-electron chi connectivity index (χ3n) is 3.69. The number of ether oxygens (including phenoxy) is 1. The molecule has 1 amide bonds. The predicted octanol–water partition coefficient (Wildman–Crippen LogP) is 2.28. The van der Waals surface area contributed by atoms with Crippen molar-refractivity contribution < 1.29 is 19.4 Å². The quantitative estimate of drug-likeness (QED) is 0.843. The van der Waals surface area contributed by atoms with Crippen molar-refractivity contribution in [1.29, 1.82) is 0 Å². The van der Waals surface area contributed by atoms with Crippen molar-refractivity contribution in [3.8, 4) is 0 Å². The number of carbonyl (C=O) groups excluding carboxylic acids is 1. The van der Waals surface area contributed by atoms with Crippen LogP contribution in [0.5, 0.6) is 0 Å². The van der Waals surface area contributed by atoms with E-state index in [-0.39, 0.29) is 24.5 Å². The van der Waals surface area contributed by atoms with E-state index in [4.69, 9.17) is 9.84 Å². The summed E-state index contributed by atoms with van der Waals surface area (Å²) in [7, 11) is 0. The maximum Gasteiger partial charge on any atom is 0.303 e. The van der Waals surface area contributed by atoms with Crippen LogP contribution in [0.4, 0.5) is 0 Å².